The molecule has 1 N–H and O–H groups in total. The largest absolute Gasteiger partial charge is 0.489 e. The molecule has 6 nitrogen and oxygen atoms in total. The van der Waals surface area contributed by atoms with Crippen LogP contribution in [0.3, 0.4) is 0 Å². The van der Waals surface area contributed by atoms with Gasteiger partial charge >= 0.3 is 0 Å². The Bertz CT molecular complexity index is 459. The van der Waals surface area contributed by atoms with Crippen LogP contribution in [0.2, 0.25) is 5.02 Å². The van der Waals surface area contributed by atoms with Crippen LogP contribution in [0.4, 0.5) is 5.69 Å². The van der Waals surface area contributed by atoms with Gasteiger partial charge in [-0.15, -0.1) is 0 Å². The average molecular weight is 256 g/mol. The number of halogens is 1. The predicted octanol–water partition coefficient (Wildman–Crippen LogP) is 1.74. The molecule has 0 amide bonds. The molecule has 1 unspecified atom stereocenters. The van der Waals surface area contributed by atoms with Gasteiger partial charge in [0.25, 0.3) is 5.69 Å². The first kappa shape index (κ1) is 13.2. The van der Waals surface area contributed by atoms with Gasteiger partial charge < -0.3 is 10.1 Å². The summed E-state index contributed by atoms with van der Waals surface area (Å²) in [6.07, 6.45) is 0. The first-order valence-electron chi connectivity index (χ1n) is 4.72. The summed E-state index contributed by atoms with van der Waals surface area (Å²) < 4.78 is 5.25. The summed E-state index contributed by atoms with van der Waals surface area (Å²) >= 11 is 5.82. The normalized spacial score (nSPS) is 11.6. The zero-order valence-corrected chi connectivity index (χ0v) is 9.77. The molecule has 1 atom stereocenters. The molecule has 1 aromatic carbocycles. The summed E-state index contributed by atoms with van der Waals surface area (Å²) in [5.74, 6) is 0.191. The summed E-state index contributed by atoms with van der Waals surface area (Å²) in [4.78, 5) is 10.0. The van der Waals surface area contributed by atoms with E-state index in [1.54, 1.807) is 7.05 Å². The summed E-state index contributed by atoms with van der Waals surface area (Å²) in [6.45, 7) is 0.0634. The highest BCUT2D eigenvalue weighted by molar-refractivity contribution is 6.32. The van der Waals surface area contributed by atoms with Crippen LogP contribution >= 0.6 is 11.6 Å². The number of nitriles is 1. The molecular weight excluding hydrogens is 246 g/mol. The Kier molecular flexibility index (Phi) is 4.69. The number of nitrogens with zero attached hydrogens (tertiary/aromatic N) is 2. The van der Waals surface area contributed by atoms with E-state index in [2.05, 4.69) is 5.32 Å². The molecule has 17 heavy (non-hydrogen) atoms. The number of benzene rings is 1. The number of non-ortho nitro benzene ring substituents is 1. The van der Waals surface area contributed by atoms with Gasteiger partial charge in [-0.1, -0.05) is 11.6 Å². The van der Waals surface area contributed by atoms with Crippen LogP contribution in [0.1, 0.15) is 0 Å². The van der Waals surface area contributed by atoms with E-state index in [1.165, 1.54) is 18.2 Å². The average Bonchev–Trinajstić information content (AvgIpc) is 2.32. The number of nitrogens with one attached hydrogen (secondary N) is 1. The molecule has 1 aromatic rings. The van der Waals surface area contributed by atoms with Crippen LogP contribution in [0.15, 0.2) is 18.2 Å². The summed E-state index contributed by atoms with van der Waals surface area (Å²) in [7, 11) is 1.62. The SMILES string of the molecule is CNC(C#N)COc1cc([N+](=O)[O-])ccc1Cl. The Morgan fingerprint density at radius 2 is 2.41 bits per heavy atom. The fourth-order valence-corrected chi connectivity index (χ4v) is 1.25. The van der Waals surface area contributed by atoms with Gasteiger partial charge in [0.05, 0.1) is 22.1 Å². The molecular formula is C10H10ClN3O3. The molecule has 0 saturated heterocycles. The molecule has 0 aliphatic rings. The summed E-state index contributed by atoms with van der Waals surface area (Å²) in [5, 5.41) is 22.2. The highest BCUT2D eigenvalue weighted by Gasteiger charge is 2.12. The molecule has 0 radical (unpaired) electrons. The van der Waals surface area contributed by atoms with Crippen molar-refractivity contribution in [2.45, 2.75) is 6.04 Å². The van der Waals surface area contributed by atoms with Gasteiger partial charge in [0.15, 0.2) is 0 Å². The van der Waals surface area contributed by atoms with E-state index >= 15 is 0 Å². The number of nitro groups is 1. The van der Waals surface area contributed by atoms with E-state index < -0.39 is 11.0 Å². The Labute approximate surface area is 103 Å². The van der Waals surface area contributed by atoms with Crippen molar-refractivity contribution in [3.05, 3.63) is 33.3 Å². The molecule has 0 aliphatic carbocycles. The number of rotatable bonds is 5. The Hall–Kier alpha value is -1.84. The zero-order valence-electron chi connectivity index (χ0n) is 9.01. The molecule has 1 rings (SSSR count). The fourth-order valence-electron chi connectivity index (χ4n) is 1.07. The van der Waals surface area contributed by atoms with E-state index in [1.807, 2.05) is 6.07 Å². The second kappa shape index (κ2) is 6.03. The fraction of sp³-hybridized carbons (Fsp3) is 0.300. The summed E-state index contributed by atoms with van der Waals surface area (Å²) in [6, 6.07) is 5.37. The number of likely N-dealkylation sites (N-methyl/N-ethyl adjacent to an activating group) is 1. The van der Waals surface area contributed by atoms with Crippen LogP contribution in [-0.2, 0) is 0 Å². The standard InChI is InChI=1S/C10H10ClN3O3/c1-13-7(5-12)6-17-10-4-8(14(15)16)2-3-9(10)11/h2-4,7,13H,6H2,1H3. The van der Waals surface area contributed by atoms with Crippen molar-refractivity contribution < 1.29 is 9.66 Å². The first-order valence-corrected chi connectivity index (χ1v) is 5.10. The highest BCUT2D eigenvalue weighted by atomic mass is 35.5. The Balaban J connectivity index is 2.80. The first-order chi connectivity index (χ1) is 8.08. The minimum absolute atomic E-state index is 0.0634. The van der Waals surface area contributed by atoms with E-state index in [9.17, 15) is 10.1 Å². The van der Waals surface area contributed by atoms with Gasteiger partial charge in [0, 0.05) is 6.07 Å². The van der Waals surface area contributed by atoms with Crippen LogP contribution in [0.25, 0.3) is 0 Å². The van der Waals surface area contributed by atoms with Crippen molar-refractivity contribution in [2.75, 3.05) is 13.7 Å². The van der Waals surface area contributed by atoms with Gasteiger partial charge in [-0.3, -0.25) is 10.1 Å². The van der Waals surface area contributed by atoms with Crippen LogP contribution in [0.5, 0.6) is 5.75 Å². The van der Waals surface area contributed by atoms with E-state index in [0.29, 0.717) is 0 Å². The van der Waals surface area contributed by atoms with Crippen molar-refractivity contribution in [1.82, 2.24) is 5.32 Å². The molecule has 0 bridgehead atoms. The molecule has 0 saturated carbocycles. The maximum Gasteiger partial charge on any atom is 0.273 e. The maximum absolute atomic E-state index is 10.6. The van der Waals surface area contributed by atoms with Crippen molar-refractivity contribution in [2.24, 2.45) is 0 Å². The Morgan fingerprint density at radius 3 is 2.94 bits per heavy atom. The molecule has 0 heterocycles. The monoisotopic (exact) mass is 255 g/mol. The maximum atomic E-state index is 10.6. The molecule has 0 aliphatic heterocycles. The topological polar surface area (TPSA) is 88.2 Å². The second-order valence-electron chi connectivity index (χ2n) is 3.15. The molecule has 90 valence electrons. The van der Waals surface area contributed by atoms with E-state index in [-0.39, 0.29) is 23.1 Å². The van der Waals surface area contributed by atoms with E-state index in [4.69, 9.17) is 21.6 Å². The van der Waals surface area contributed by atoms with Crippen LogP contribution in [-0.4, -0.2) is 24.6 Å². The van der Waals surface area contributed by atoms with Crippen LogP contribution < -0.4 is 10.1 Å². The van der Waals surface area contributed by atoms with Crippen molar-refractivity contribution in [1.29, 1.82) is 5.26 Å². The summed E-state index contributed by atoms with van der Waals surface area (Å²) in [5.41, 5.74) is -0.109. The quantitative estimate of drug-likeness (QED) is 0.639. The molecule has 0 fully saturated rings. The smallest absolute Gasteiger partial charge is 0.273 e. The Morgan fingerprint density at radius 1 is 1.71 bits per heavy atom. The number of nitro benzene ring substituents is 1. The highest BCUT2D eigenvalue weighted by Crippen LogP contribution is 2.28. The van der Waals surface area contributed by atoms with Gasteiger partial charge in [0.2, 0.25) is 0 Å². The minimum Gasteiger partial charge on any atom is -0.489 e. The minimum atomic E-state index is -0.539. The lowest BCUT2D eigenvalue weighted by atomic mass is 10.3. The van der Waals surface area contributed by atoms with Gasteiger partial charge in [-0.25, -0.2) is 0 Å². The van der Waals surface area contributed by atoms with Crippen molar-refractivity contribution in [3.8, 4) is 11.8 Å². The van der Waals surface area contributed by atoms with Crippen LogP contribution in [0, 0.1) is 21.4 Å². The third-order valence-electron chi connectivity index (χ3n) is 2.04. The van der Waals surface area contributed by atoms with Gasteiger partial charge in [-0.05, 0) is 13.1 Å². The predicted molar refractivity (Wildman–Crippen MR) is 62.1 cm³/mol. The zero-order chi connectivity index (χ0) is 12.8. The second-order valence-corrected chi connectivity index (χ2v) is 3.56. The third kappa shape index (κ3) is 3.59. The van der Waals surface area contributed by atoms with E-state index in [0.717, 1.165) is 0 Å². The van der Waals surface area contributed by atoms with Crippen molar-refractivity contribution in [3.63, 3.8) is 0 Å². The van der Waals surface area contributed by atoms with Crippen molar-refractivity contribution >= 4 is 17.3 Å². The molecule has 0 spiro atoms. The lowest BCUT2D eigenvalue weighted by molar-refractivity contribution is -0.384. The number of hydrogen-bond acceptors (Lipinski definition) is 5. The third-order valence-corrected chi connectivity index (χ3v) is 2.35. The molecule has 0 aromatic heterocycles. The van der Waals surface area contributed by atoms with Gasteiger partial charge in [-0.2, -0.15) is 5.26 Å². The number of ether oxygens (including phenoxy) is 1. The lowest BCUT2D eigenvalue weighted by Crippen LogP contribution is -2.29. The van der Waals surface area contributed by atoms with Gasteiger partial charge in [0.1, 0.15) is 18.4 Å². The molecule has 7 heteroatoms. The lowest BCUT2D eigenvalue weighted by Gasteiger charge is -2.10. The number of hydrogen-bond donors (Lipinski definition) is 1.